The van der Waals surface area contributed by atoms with E-state index in [2.05, 4.69) is 30.7 Å². The highest BCUT2D eigenvalue weighted by molar-refractivity contribution is 5.95. The highest BCUT2D eigenvalue weighted by atomic mass is 19.1. The molecule has 3 heterocycles. The smallest absolute Gasteiger partial charge is 0.320 e. The van der Waals surface area contributed by atoms with Crippen molar-refractivity contribution in [1.82, 2.24) is 25.4 Å². The second-order valence-corrected chi connectivity index (χ2v) is 6.89. The Kier molecular flexibility index (Phi) is 4.93. The lowest BCUT2D eigenvalue weighted by molar-refractivity contribution is 0.0940. The van der Waals surface area contributed by atoms with Gasteiger partial charge in [0.15, 0.2) is 0 Å². The number of methoxy groups -OCH3 is 1. The Morgan fingerprint density at radius 3 is 2.86 bits per heavy atom. The van der Waals surface area contributed by atoms with Gasteiger partial charge in [0.05, 0.1) is 17.7 Å². The van der Waals surface area contributed by atoms with Gasteiger partial charge in [-0.2, -0.15) is 5.10 Å². The maximum atomic E-state index is 13.1. The number of rotatable bonds is 4. The minimum atomic E-state index is -0.340. The van der Waals surface area contributed by atoms with E-state index in [9.17, 15) is 9.18 Å². The van der Waals surface area contributed by atoms with E-state index in [0.717, 1.165) is 29.6 Å². The number of aromatic amines is 1. The molecule has 3 aromatic rings. The predicted molar refractivity (Wildman–Crippen MR) is 104 cm³/mol. The number of aromatic nitrogens is 3. The number of carbonyl (C=O) groups is 1. The number of benzene rings is 1. The van der Waals surface area contributed by atoms with Crippen LogP contribution in [0, 0.1) is 5.82 Å². The number of anilines is 1. The van der Waals surface area contributed by atoms with Gasteiger partial charge in [0.2, 0.25) is 0 Å². The number of halogens is 1. The summed E-state index contributed by atoms with van der Waals surface area (Å²) in [6, 6.07) is 7.38. The van der Waals surface area contributed by atoms with Crippen molar-refractivity contribution in [3.8, 4) is 11.3 Å². The summed E-state index contributed by atoms with van der Waals surface area (Å²) >= 11 is 0. The van der Waals surface area contributed by atoms with Crippen LogP contribution in [0.4, 0.5) is 15.0 Å². The fourth-order valence-corrected chi connectivity index (χ4v) is 3.47. The summed E-state index contributed by atoms with van der Waals surface area (Å²) < 4.78 is 18.6. The molecule has 1 fully saturated rings. The van der Waals surface area contributed by atoms with E-state index in [0.29, 0.717) is 11.5 Å². The van der Waals surface area contributed by atoms with Crippen molar-refractivity contribution in [2.75, 3.05) is 32.6 Å². The molecular formula is C19H21FN6O2. The molecule has 1 aliphatic rings. The predicted octanol–water partition coefficient (Wildman–Crippen LogP) is 2.21. The molecule has 0 spiro atoms. The number of nitrogens with one attached hydrogen (secondary N) is 3. The Hall–Kier alpha value is -3.04. The summed E-state index contributed by atoms with van der Waals surface area (Å²) in [5, 5.41) is 13.7. The number of nitrogens with zero attached hydrogens (tertiary/aromatic N) is 3. The van der Waals surface area contributed by atoms with Crippen LogP contribution >= 0.6 is 0 Å². The number of hydrogen-bond donors (Lipinski definition) is 3. The highest BCUT2D eigenvalue weighted by Gasteiger charge is 2.32. The first-order valence-electron chi connectivity index (χ1n) is 8.92. The van der Waals surface area contributed by atoms with E-state index in [1.165, 1.54) is 12.1 Å². The molecule has 0 saturated carbocycles. The van der Waals surface area contributed by atoms with E-state index in [1.807, 2.05) is 7.05 Å². The van der Waals surface area contributed by atoms with Crippen LogP contribution in [0.5, 0.6) is 0 Å². The number of fused-ring (bicyclic) bond motifs is 1. The summed E-state index contributed by atoms with van der Waals surface area (Å²) in [4.78, 5) is 18.7. The Balaban J connectivity index is 1.48. The maximum Gasteiger partial charge on any atom is 0.320 e. The number of ether oxygens (including phenoxy) is 1. The zero-order chi connectivity index (χ0) is 19.7. The van der Waals surface area contributed by atoms with Crippen molar-refractivity contribution in [3.63, 3.8) is 0 Å². The number of likely N-dealkylation sites (tertiary alicyclic amines) is 1. The molecule has 2 aromatic heterocycles. The van der Waals surface area contributed by atoms with E-state index in [4.69, 9.17) is 4.74 Å². The molecule has 9 heteroatoms. The van der Waals surface area contributed by atoms with E-state index >= 15 is 0 Å². The first-order valence-corrected chi connectivity index (χ1v) is 8.92. The monoisotopic (exact) mass is 384 g/mol. The van der Waals surface area contributed by atoms with Crippen molar-refractivity contribution in [2.45, 2.75) is 12.1 Å². The number of hydrogen-bond acceptors (Lipinski definition) is 5. The van der Waals surface area contributed by atoms with E-state index in [-0.39, 0.29) is 24.0 Å². The van der Waals surface area contributed by atoms with Crippen molar-refractivity contribution < 1.29 is 13.9 Å². The largest absolute Gasteiger partial charge is 0.378 e. The van der Waals surface area contributed by atoms with E-state index < -0.39 is 0 Å². The molecule has 3 N–H and O–H groups in total. The quantitative estimate of drug-likeness (QED) is 0.641. The van der Waals surface area contributed by atoms with Gasteiger partial charge in [-0.15, -0.1) is 0 Å². The van der Waals surface area contributed by atoms with Crippen LogP contribution < -0.4 is 10.6 Å². The Labute approximate surface area is 161 Å². The zero-order valence-electron chi connectivity index (χ0n) is 15.6. The maximum absolute atomic E-state index is 13.1. The third kappa shape index (κ3) is 3.67. The third-order valence-corrected chi connectivity index (χ3v) is 4.87. The number of carbonyl (C=O) groups excluding carboxylic acids is 1. The lowest BCUT2D eigenvalue weighted by Crippen LogP contribution is -2.45. The second kappa shape index (κ2) is 7.53. The molecular weight excluding hydrogens is 363 g/mol. The van der Waals surface area contributed by atoms with Crippen LogP contribution in [0.2, 0.25) is 0 Å². The van der Waals surface area contributed by atoms with E-state index in [1.54, 1.807) is 31.5 Å². The second-order valence-electron chi connectivity index (χ2n) is 6.89. The Morgan fingerprint density at radius 2 is 2.11 bits per heavy atom. The van der Waals surface area contributed by atoms with Gasteiger partial charge >= 0.3 is 6.03 Å². The summed E-state index contributed by atoms with van der Waals surface area (Å²) in [5.74, 6) is 0.100. The topological polar surface area (TPSA) is 95.2 Å². The van der Waals surface area contributed by atoms with Gasteiger partial charge in [0.25, 0.3) is 0 Å². The number of amides is 2. The first-order chi connectivity index (χ1) is 13.5. The van der Waals surface area contributed by atoms with Crippen molar-refractivity contribution in [1.29, 1.82) is 0 Å². The van der Waals surface area contributed by atoms with Gasteiger partial charge in [-0.1, -0.05) is 0 Å². The number of likely N-dealkylation sites (N-methyl/N-ethyl adjacent to an activating group) is 1. The normalized spacial score (nSPS) is 19.8. The molecule has 28 heavy (non-hydrogen) atoms. The molecule has 8 nitrogen and oxygen atoms in total. The van der Waals surface area contributed by atoms with Crippen molar-refractivity contribution in [2.24, 2.45) is 0 Å². The fourth-order valence-electron chi connectivity index (χ4n) is 3.47. The summed E-state index contributed by atoms with van der Waals surface area (Å²) in [6.07, 6.45) is 1.59. The molecule has 0 aliphatic carbocycles. The fraction of sp³-hybridized carbons (Fsp3) is 0.316. The SMILES string of the molecule is CO[C@@H]1CN(C)C[C@H]1NC(=O)Nc1cc2[nH]nc(-c3ccc(F)cc3)c2cn1. The molecule has 2 atom stereocenters. The molecule has 0 bridgehead atoms. The van der Waals surface area contributed by atoms with Gasteiger partial charge in [-0.05, 0) is 31.3 Å². The number of urea groups is 1. The van der Waals surface area contributed by atoms with Crippen molar-refractivity contribution in [3.05, 3.63) is 42.3 Å². The average molecular weight is 384 g/mol. The number of pyridine rings is 1. The molecule has 1 aromatic carbocycles. The van der Waals surface area contributed by atoms with Gasteiger partial charge in [-0.25, -0.2) is 14.2 Å². The molecule has 4 rings (SSSR count). The van der Waals surface area contributed by atoms with Crippen LogP contribution in [0.3, 0.4) is 0 Å². The lowest BCUT2D eigenvalue weighted by atomic mass is 10.1. The molecule has 2 amide bonds. The van der Waals surface area contributed by atoms with Crippen LogP contribution in [-0.4, -0.2) is 65.5 Å². The average Bonchev–Trinajstić information content (AvgIpc) is 3.25. The van der Waals surface area contributed by atoms with Gasteiger partial charge in [-0.3, -0.25) is 10.4 Å². The summed E-state index contributed by atoms with van der Waals surface area (Å²) in [7, 11) is 3.63. The minimum Gasteiger partial charge on any atom is -0.378 e. The van der Waals surface area contributed by atoms with Crippen LogP contribution in [-0.2, 0) is 4.74 Å². The van der Waals surface area contributed by atoms with Gasteiger partial charge < -0.3 is 15.0 Å². The standard InChI is InChI=1S/C19H21FN6O2/c1-26-9-15(16(10-26)28-2)22-19(27)23-17-7-14-13(8-21-17)18(25-24-14)11-3-5-12(20)6-4-11/h3-8,15-16H,9-10H2,1-2H3,(H,24,25)(H2,21,22,23,27)/t15-,16-/m1/s1. The Morgan fingerprint density at radius 1 is 1.32 bits per heavy atom. The molecule has 1 aliphatic heterocycles. The summed E-state index contributed by atoms with van der Waals surface area (Å²) in [6.45, 7) is 1.49. The number of H-pyrrole nitrogens is 1. The van der Waals surface area contributed by atoms with Crippen LogP contribution in [0.1, 0.15) is 0 Å². The van der Waals surface area contributed by atoms with Gasteiger partial charge in [0.1, 0.15) is 17.3 Å². The van der Waals surface area contributed by atoms with Crippen LogP contribution in [0.15, 0.2) is 36.5 Å². The zero-order valence-corrected chi connectivity index (χ0v) is 15.6. The Bertz CT molecular complexity index is 990. The molecule has 146 valence electrons. The highest BCUT2D eigenvalue weighted by Crippen LogP contribution is 2.27. The lowest BCUT2D eigenvalue weighted by Gasteiger charge is -2.18. The summed E-state index contributed by atoms with van der Waals surface area (Å²) in [5.41, 5.74) is 2.18. The molecule has 0 unspecified atom stereocenters. The first kappa shape index (κ1) is 18.3. The molecule has 0 radical (unpaired) electrons. The minimum absolute atomic E-state index is 0.0444. The van der Waals surface area contributed by atoms with Crippen LogP contribution in [0.25, 0.3) is 22.2 Å². The molecule has 1 saturated heterocycles. The third-order valence-electron chi connectivity index (χ3n) is 4.87. The van der Waals surface area contributed by atoms with Crippen molar-refractivity contribution >= 4 is 22.8 Å². The van der Waals surface area contributed by atoms with Gasteiger partial charge in [0, 0.05) is 43.4 Å².